The molecule has 0 fully saturated rings. The Hall–Kier alpha value is -2.50. The minimum atomic E-state index is -1.00. The van der Waals surface area contributed by atoms with Gasteiger partial charge in [0.15, 0.2) is 11.6 Å². The third-order valence-electron chi connectivity index (χ3n) is 2.83. The minimum absolute atomic E-state index is 0.115. The van der Waals surface area contributed by atoms with Gasteiger partial charge in [-0.2, -0.15) is 0 Å². The monoisotopic (exact) mass is 303 g/mol. The molecule has 22 heavy (non-hydrogen) atoms. The molecule has 0 saturated heterocycles. The molecule has 3 nitrogen and oxygen atoms in total. The highest BCUT2D eigenvalue weighted by atomic mass is 19.2. The molecule has 1 radical (unpaired) electrons. The lowest BCUT2D eigenvalue weighted by atomic mass is 10.0. The van der Waals surface area contributed by atoms with Gasteiger partial charge >= 0.3 is 7.83 Å². The van der Waals surface area contributed by atoms with Gasteiger partial charge in [0.25, 0.3) is 0 Å². The second-order valence-corrected chi connectivity index (χ2v) is 4.20. The smallest absolute Gasteiger partial charge is 0.497 e. The van der Waals surface area contributed by atoms with Gasteiger partial charge in [0.2, 0.25) is 0 Å². The molecular weight excluding hydrogens is 289 g/mol. The van der Waals surface area contributed by atoms with E-state index in [0.29, 0.717) is 16.9 Å². The Morgan fingerprint density at radius 1 is 0.909 bits per heavy atom. The first kappa shape index (κ1) is 17.6. The number of halogens is 2. The number of methoxy groups -OCH3 is 1. The number of carbonyl (C=O) groups is 2. The van der Waals surface area contributed by atoms with Gasteiger partial charge in [-0.25, -0.2) is 0 Å². The Morgan fingerprint density at radius 2 is 1.36 bits per heavy atom. The summed E-state index contributed by atoms with van der Waals surface area (Å²) in [6.07, 6.45) is -0.115. The average Bonchev–Trinajstić information content (AvgIpc) is 2.56. The van der Waals surface area contributed by atoms with Crippen molar-refractivity contribution < 1.29 is 23.0 Å². The van der Waals surface area contributed by atoms with Crippen molar-refractivity contribution >= 4 is 19.4 Å². The van der Waals surface area contributed by atoms with Crippen LogP contribution in [0.15, 0.2) is 54.6 Å². The predicted octanol–water partition coefficient (Wildman–Crippen LogP) is 3.61. The third-order valence-corrected chi connectivity index (χ3v) is 2.83. The maximum Gasteiger partial charge on any atom is 0.577 e. The minimum Gasteiger partial charge on any atom is -0.497 e. The number of benzene rings is 2. The zero-order chi connectivity index (χ0) is 16.4. The molecule has 0 bridgehead atoms. The molecule has 0 amide bonds. The summed E-state index contributed by atoms with van der Waals surface area (Å²) in [6.45, 7) is 0. The fraction of sp³-hybridized carbons (Fsp3) is 0.125. The lowest BCUT2D eigenvalue weighted by Crippen LogP contribution is -2.08. The van der Waals surface area contributed by atoms with Gasteiger partial charge < -0.3 is 4.74 Å². The largest absolute Gasteiger partial charge is 0.577 e. The van der Waals surface area contributed by atoms with Crippen molar-refractivity contribution in [3.8, 4) is 5.75 Å². The van der Waals surface area contributed by atoms with Gasteiger partial charge in [0.1, 0.15) is 5.75 Å². The molecule has 2 rings (SSSR count). The predicted molar refractivity (Wildman–Crippen MR) is 80.7 cm³/mol. The van der Waals surface area contributed by atoms with Gasteiger partial charge in [-0.1, -0.05) is 30.3 Å². The Balaban J connectivity index is 0.000000745. The SMILES string of the molecule is COc1ccc(C(=O)CC(=O)c2ccccc2)cc1.F[B]F. The number of Topliss-reactive ketones (excluding diaryl/α,β-unsaturated/α-hetero) is 2. The standard InChI is InChI=1S/C16H14O3.BF2/c1-19-14-9-7-13(8-10-14)16(18)11-15(17)12-5-3-2-4-6-12;2-1-3/h2-10H,11H2,1H3;. The molecule has 0 unspecified atom stereocenters. The van der Waals surface area contributed by atoms with E-state index in [0.717, 1.165) is 0 Å². The highest BCUT2D eigenvalue weighted by Crippen LogP contribution is 2.14. The molecule has 2 aromatic carbocycles. The molecule has 0 aliphatic heterocycles. The molecule has 0 aliphatic carbocycles. The van der Waals surface area contributed by atoms with Crippen LogP contribution >= 0.6 is 0 Å². The number of rotatable bonds is 5. The second-order valence-electron chi connectivity index (χ2n) is 4.20. The zero-order valence-corrected chi connectivity index (χ0v) is 12.0. The van der Waals surface area contributed by atoms with Crippen molar-refractivity contribution in [1.29, 1.82) is 0 Å². The zero-order valence-electron chi connectivity index (χ0n) is 12.0. The van der Waals surface area contributed by atoms with Crippen LogP contribution in [0.25, 0.3) is 0 Å². The van der Waals surface area contributed by atoms with Gasteiger partial charge in [0.05, 0.1) is 13.5 Å². The molecule has 6 heteroatoms. The van der Waals surface area contributed by atoms with E-state index in [-0.39, 0.29) is 18.0 Å². The van der Waals surface area contributed by atoms with E-state index in [2.05, 4.69) is 0 Å². The molecule has 0 aromatic heterocycles. The number of ketones is 2. The maximum absolute atomic E-state index is 12.0. The third kappa shape index (κ3) is 5.48. The highest BCUT2D eigenvalue weighted by molar-refractivity contribution is 6.15. The van der Waals surface area contributed by atoms with Gasteiger partial charge in [0, 0.05) is 11.1 Å². The van der Waals surface area contributed by atoms with E-state index in [4.69, 9.17) is 4.74 Å². The Bertz CT molecular complexity index is 601. The second kappa shape index (κ2) is 9.44. The number of hydrogen-bond donors (Lipinski definition) is 0. The number of hydrogen-bond acceptors (Lipinski definition) is 3. The first-order valence-corrected chi connectivity index (χ1v) is 6.40. The molecule has 0 atom stereocenters. The quantitative estimate of drug-likeness (QED) is 0.481. The molecule has 113 valence electrons. The summed E-state index contributed by atoms with van der Waals surface area (Å²) >= 11 is 0. The lowest BCUT2D eigenvalue weighted by molar-refractivity contribution is 0.0894. The molecule has 0 N–H and O–H groups in total. The van der Waals surface area contributed by atoms with Crippen LogP contribution in [0.1, 0.15) is 27.1 Å². The first-order valence-electron chi connectivity index (χ1n) is 6.40. The highest BCUT2D eigenvalue weighted by Gasteiger charge is 2.13. The van der Waals surface area contributed by atoms with Crippen LogP contribution in [0.2, 0.25) is 0 Å². The van der Waals surface area contributed by atoms with E-state index in [1.54, 1.807) is 55.6 Å². The van der Waals surface area contributed by atoms with Crippen LogP contribution < -0.4 is 4.74 Å². The Labute approximate surface area is 128 Å². The van der Waals surface area contributed by atoms with Crippen LogP contribution in [-0.4, -0.2) is 26.5 Å². The maximum atomic E-state index is 12.0. The summed E-state index contributed by atoms with van der Waals surface area (Å²) in [5.41, 5.74) is 1.08. The summed E-state index contributed by atoms with van der Waals surface area (Å²) in [5, 5.41) is 0. The van der Waals surface area contributed by atoms with Crippen LogP contribution in [0.5, 0.6) is 5.75 Å². The van der Waals surface area contributed by atoms with Gasteiger partial charge in [-0.05, 0) is 24.3 Å². The first-order chi connectivity index (χ1) is 10.6. The lowest BCUT2D eigenvalue weighted by Gasteiger charge is -2.03. The van der Waals surface area contributed by atoms with Crippen LogP contribution in [0, 0.1) is 0 Å². The molecule has 2 aromatic rings. The number of carbonyl (C=O) groups excluding carboxylic acids is 2. The van der Waals surface area contributed by atoms with Crippen molar-refractivity contribution in [2.75, 3.05) is 7.11 Å². The molecule has 0 heterocycles. The Kier molecular flexibility index (Phi) is 7.54. The van der Waals surface area contributed by atoms with Crippen molar-refractivity contribution in [2.24, 2.45) is 0 Å². The van der Waals surface area contributed by atoms with Crippen molar-refractivity contribution in [2.45, 2.75) is 6.42 Å². The molecule has 0 spiro atoms. The molecule has 0 saturated carbocycles. The van der Waals surface area contributed by atoms with E-state index < -0.39 is 7.83 Å². The van der Waals surface area contributed by atoms with Crippen molar-refractivity contribution in [1.82, 2.24) is 0 Å². The van der Waals surface area contributed by atoms with Crippen LogP contribution in [0.3, 0.4) is 0 Å². The summed E-state index contributed by atoms with van der Waals surface area (Å²) in [7, 11) is 0.565. The van der Waals surface area contributed by atoms with E-state index >= 15 is 0 Å². The van der Waals surface area contributed by atoms with E-state index in [1.807, 2.05) is 6.07 Å². The van der Waals surface area contributed by atoms with E-state index in [1.165, 1.54) is 0 Å². The fourth-order valence-corrected chi connectivity index (χ4v) is 1.75. The van der Waals surface area contributed by atoms with Crippen LogP contribution in [-0.2, 0) is 0 Å². The fourth-order valence-electron chi connectivity index (χ4n) is 1.75. The molecular formula is C16H14BF2O3. The van der Waals surface area contributed by atoms with Gasteiger partial charge in [-0.3, -0.25) is 18.2 Å². The van der Waals surface area contributed by atoms with Crippen molar-refractivity contribution in [3.63, 3.8) is 0 Å². The average molecular weight is 303 g/mol. The molecule has 0 aliphatic rings. The summed E-state index contributed by atoms with van der Waals surface area (Å²) in [6, 6.07) is 15.6. The summed E-state index contributed by atoms with van der Waals surface area (Å²) < 4.78 is 24.0. The normalized spacial score (nSPS) is 9.23. The number of ether oxygens (including phenoxy) is 1. The van der Waals surface area contributed by atoms with Gasteiger partial charge in [-0.15, -0.1) is 0 Å². The summed E-state index contributed by atoms with van der Waals surface area (Å²) in [4.78, 5) is 23.9. The Morgan fingerprint density at radius 3 is 1.82 bits per heavy atom. The summed E-state index contributed by atoms with van der Waals surface area (Å²) in [5.74, 6) is 0.337. The van der Waals surface area contributed by atoms with Crippen LogP contribution in [0.4, 0.5) is 8.63 Å². The van der Waals surface area contributed by atoms with Crippen molar-refractivity contribution in [3.05, 3.63) is 65.7 Å². The topological polar surface area (TPSA) is 43.4 Å². The van der Waals surface area contributed by atoms with E-state index in [9.17, 15) is 18.2 Å².